The van der Waals surface area contributed by atoms with Crippen molar-refractivity contribution >= 4 is 15.0 Å². The number of hydrogen-bond donors (Lipinski definition) is 0. The highest BCUT2D eigenvalue weighted by Gasteiger charge is 2.43. The maximum absolute atomic E-state index is 11.0. The van der Waals surface area contributed by atoms with E-state index in [0.717, 1.165) is 26.4 Å². The first-order chi connectivity index (χ1) is 7.18. The Hall–Kier alpha value is -0.393. The fraction of sp³-hybridized carbons (Fsp3) is 0.900. The molecule has 0 bridgehead atoms. The quantitative estimate of drug-likeness (QED) is 0.662. The Labute approximate surface area is 91.6 Å². The van der Waals surface area contributed by atoms with Crippen LogP contribution in [0.4, 0.5) is 0 Å². The lowest BCUT2D eigenvalue weighted by Gasteiger charge is -2.43. The minimum Gasteiger partial charge on any atom is -0.522 e. The van der Waals surface area contributed by atoms with E-state index < -0.39 is 9.04 Å². The van der Waals surface area contributed by atoms with E-state index >= 15 is 0 Å². The maximum atomic E-state index is 11.0. The molecule has 0 saturated carbocycles. The molecule has 0 aromatic heterocycles. The molecule has 0 aromatic carbocycles. The summed E-state index contributed by atoms with van der Waals surface area (Å²) in [6, 6.07) is 0. The largest absolute Gasteiger partial charge is 0.522 e. The molecule has 2 saturated heterocycles. The molecular weight excluding hydrogens is 212 g/mol. The molecule has 2 aliphatic rings. The molecule has 2 aliphatic heterocycles. The molecule has 1 unspecified atom stereocenters. The summed E-state index contributed by atoms with van der Waals surface area (Å²) in [5.74, 6) is 1.06. The lowest BCUT2D eigenvalue weighted by molar-refractivity contribution is -0.133. The zero-order valence-corrected chi connectivity index (χ0v) is 10.4. The lowest BCUT2D eigenvalue weighted by atomic mass is 9.91. The van der Waals surface area contributed by atoms with Gasteiger partial charge in [0.2, 0.25) is 9.04 Å². The van der Waals surface area contributed by atoms with Crippen LogP contribution < -0.4 is 0 Å². The topological polar surface area (TPSA) is 44.8 Å². The molecule has 1 atom stereocenters. The summed E-state index contributed by atoms with van der Waals surface area (Å²) >= 11 is 0. The van der Waals surface area contributed by atoms with Gasteiger partial charge in [0.05, 0.1) is 26.4 Å². The van der Waals surface area contributed by atoms with Crippen LogP contribution in [0.3, 0.4) is 0 Å². The lowest BCUT2D eigenvalue weighted by Crippen LogP contribution is -2.48. The summed E-state index contributed by atoms with van der Waals surface area (Å²) in [5, 5.41) is 0. The Balaban J connectivity index is 1.93. The molecule has 0 radical (unpaired) electrons. The van der Waals surface area contributed by atoms with E-state index in [1.54, 1.807) is 0 Å². The number of ether oxygens (including phenoxy) is 2. The standard InChI is InChI=1S/C10H18O4Si/c1-7(11)14-15(2)10(8-3-12-4-8)9-5-13-6-9/h8-10,15H,3-6H2,1-2H3. The van der Waals surface area contributed by atoms with Gasteiger partial charge in [-0.1, -0.05) is 0 Å². The highest BCUT2D eigenvalue weighted by Crippen LogP contribution is 2.39. The first-order valence-corrected chi connectivity index (χ1v) is 7.80. The Morgan fingerprint density at radius 2 is 1.73 bits per heavy atom. The van der Waals surface area contributed by atoms with Gasteiger partial charge in [-0.3, -0.25) is 4.79 Å². The molecule has 0 spiro atoms. The normalized spacial score (nSPS) is 24.5. The monoisotopic (exact) mass is 230 g/mol. The van der Waals surface area contributed by atoms with Gasteiger partial charge in [-0.25, -0.2) is 0 Å². The van der Waals surface area contributed by atoms with Crippen molar-refractivity contribution in [3.8, 4) is 0 Å². The highest BCUT2D eigenvalue weighted by atomic mass is 28.3. The van der Waals surface area contributed by atoms with Crippen molar-refractivity contribution in [3.63, 3.8) is 0 Å². The van der Waals surface area contributed by atoms with Crippen molar-refractivity contribution in [2.24, 2.45) is 11.8 Å². The Bertz CT molecular complexity index is 224. The van der Waals surface area contributed by atoms with Gasteiger partial charge in [0, 0.05) is 24.3 Å². The summed E-state index contributed by atoms with van der Waals surface area (Å²) in [6.07, 6.45) is 0. The molecule has 86 valence electrons. The van der Waals surface area contributed by atoms with Crippen LogP contribution in [0.25, 0.3) is 0 Å². The molecule has 0 aromatic rings. The molecule has 5 heteroatoms. The second-order valence-corrected chi connectivity index (χ2v) is 6.90. The predicted molar refractivity (Wildman–Crippen MR) is 57.1 cm³/mol. The van der Waals surface area contributed by atoms with Gasteiger partial charge < -0.3 is 13.9 Å². The van der Waals surface area contributed by atoms with Gasteiger partial charge in [0.1, 0.15) is 0 Å². The van der Waals surface area contributed by atoms with Gasteiger partial charge in [0.25, 0.3) is 5.97 Å². The third-order valence-electron chi connectivity index (χ3n) is 3.31. The van der Waals surface area contributed by atoms with Crippen LogP contribution in [0.5, 0.6) is 0 Å². The highest BCUT2D eigenvalue weighted by molar-refractivity contribution is 6.54. The van der Waals surface area contributed by atoms with Crippen molar-refractivity contribution in [3.05, 3.63) is 0 Å². The fourth-order valence-electron chi connectivity index (χ4n) is 2.44. The Morgan fingerprint density at radius 1 is 1.27 bits per heavy atom. The molecule has 4 nitrogen and oxygen atoms in total. The van der Waals surface area contributed by atoms with Crippen molar-refractivity contribution in [2.45, 2.75) is 19.0 Å². The van der Waals surface area contributed by atoms with Crippen LogP contribution in [-0.2, 0) is 18.7 Å². The molecular formula is C10H18O4Si. The Kier molecular flexibility index (Phi) is 3.43. The average molecular weight is 230 g/mol. The van der Waals surface area contributed by atoms with E-state index in [1.807, 2.05) is 0 Å². The van der Waals surface area contributed by atoms with E-state index in [9.17, 15) is 4.79 Å². The summed E-state index contributed by atoms with van der Waals surface area (Å²) in [6.45, 7) is 6.94. The third-order valence-corrected chi connectivity index (χ3v) is 6.19. The predicted octanol–water partition coefficient (Wildman–Crippen LogP) is 0.566. The zero-order chi connectivity index (χ0) is 10.8. The van der Waals surface area contributed by atoms with Gasteiger partial charge >= 0.3 is 0 Å². The van der Waals surface area contributed by atoms with Gasteiger partial charge in [-0.15, -0.1) is 0 Å². The molecule has 2 fully saturated rings. The molecule has 2 heterocycles. The first kappa shape index (κ1) is 11.1. The van der Waals surface area contributed by atoms with E-state index in [-0.39, 0.29) is 5.97 Å². The summed E-state index contributed by atoms with van der Waals surface area (Å²) in [7, 11) is -1.43. The summed E-state index contributed by atoms with van der Waals surface area (Å²) in [5.41, 5.74) is 0.538. The van der Waals surface area contributed by atoms with Crippen LogP contribution in [0.1, 0.15) is 6.92 Å². The van der Waals surface area contributed by atoms with Crippen molar-refractivity contribution < 1.29 is 18.7 Å². The van der Waals surface area contributed by atoms with Crippen LogP contribution in [0.2, 0.25) is 12.1 Å². The van der Waals surface area contributed by atoms with Gasteiger partial charge in [-0.05, 0) is 6.55 Å². The second kappa shape index (κ2) is 4.63. The molecule has 2 rings (SSSR count). The van der Waals surface area contributed by atoms with Crippen LogP contribution in [0, 0.1) is 11.8 Å². The molecule has 0 aliphatic carbocycles. The summed E-state index contributed by atoms with van der Waals surface area (Å²) in [4.78, 5) is 11.0. The maximum Gasteiger partial charge on any atom is 0.289 e. The minimum atomic E-state index is -1.43. The first-order valence-electron chi connectivity index (χ1n) is 5.51. The number of rotatable bonds is 4. The SMILES string of the molecule is CC(=O)O[SiH](C)C(C1COC1)C1COC1. The average Bonchev–Trinajstić information content (AvgIpc) is 1.94. The van der Waals surface area contributed by atoms with Crippen LogP contribution in [-0.4, -0.2) is 41.4 Å². The van der Waals surface area contributed by atoms with Crippen molar-refractivity contribution in [2.75, 3.05) is 26.4 Å². The fourth-order valence-corrected chi connectivity index (χ4v) is 5.10. The minimum absolute atomic E-state index is 0.139. The van der Waals surface area contributed by atoms with E-state index in [4.69, 9.17) is 13.9 Å². The van der Waals surface area contributed by atoms with E-state index in [1.165, 1.54) is 6.92 Å². The van der Waals surface area contributed by atoms with E-state index in [0.29, 0.717) is 17.4 Å². The molecule has 0 amide bonds. The van der Waals surface area contributed by atoms with Gasteiger partial charge in [0.15, 0.2) is 0 Å². The smallest absolute Gasteiger partial charge is 0.289 e. The Morgan fingerprint density at radius 3 is 2.00 bits per heavy atom. The van der Waals surface area contributed by atoms with Crippen molar-refractivity contribution in [1.29, 1.82) is 0 Å². The number of carbonyl (C=O) groups is 1. The molecule has 15 heavy (non-hydrogen) atoms. The molecule has 0 N–H and O–H groups in total. The number of hydrogen-bond acceptors (Lipinski definition) is 4. The zero-order valence-electron chi connectivity index (χ0n) is 9.27. The van der Waals surface area contributed by atoms with Crippen LogP contribution >= 0.6 is 0 Å². The van der Waals surface area contributed by atoms with Gasteiger partial charge in [-0.2, -0.15) is 0 Å². The van der Waals surface area contributed by atoms with Crippen molar-refractivity contribution in [1.82, 2.24) is 0 Å². The summed E-state index contributed by atoms with van der Waals surface area (Å²) < 4.78 is 15.9. The van der Waals surface area contributed by atoms with Crippen LogP contribution in [0.15, 0.2) is 0 Å². The van der Waals surface area contributed by atoms with E-state index in [2.05, 4.69) is 6.55 Å². The number of carbonyl (C=O) groups excluding carboxylic acids is 1. The third kappa shape index (κ3) is 2.41. The second-order valence-electron chi connectivity index (χ2n) is 4.49.